The Morgan fingerprint density at radius 2 is 2.33 bits per heavy atom. The molecule has 0 radical (unpaired) electrons. The third-order valence-electron chi connectivity index (χ3n) is 2.39. The molecule has 2 rings (SSSR count). The van der Waals surface area contributed by atoms with Gasteiger partial charge in [-0.05, 0) is 19.4 Å². The second-order valence-corrected chi connectivity index (χ2v) is 3.53. The molecule has 1 aromatic rings. The second-order valence-electron chi connectivity index (χ2n) is 3.53. The van der Waals surface area contributed by atoms with Crippen LogP contribution in [0.5, 0.6) is 0 Å². The summed E-state index contributed by atoms with van der Waals surface area (Å²) in [6, 6.07) is 0.373. The normalized spacial score (nSPS) is 20.4. The molecule has 15 heavy (non-hydrogen) atoms. The highest BCUT2D eigenvalue weighted by atomic mass is 16.2. The Kier molecular flexibility index (Phi) is 2.82. The fourth-order valence-corrected chi connectivity index (χ4v) is 1.62. The number of anilines is 1. The SMILES string of the molecule is O=c1[nH]nc(NCC2CCCN2)c(=O)[nH]1. The van der Waals surface area contributed by atoms with E-state index in [4.69, 9.17) is 0 Å². The lowest BCUT2D eigenvalue weighted by Gasteiger charge is -2.10. The predicted molar refractivity (Wildman–Crippen MR) is 55.0 cm³/mol. The van der Waals surface area contributed by atoms with Gasteiger partial charge in [-0.1, -0.05) is 0 Å². The van der Waals surface area contributed by atoms with Crippen molar-refractivity contribution in [2.45, 2.75) is 18.9 Å². The van der Waals surface area contributed by atoms with Gasteiger partial charge in [0.1, 0.15) is 0 Å². The van der Waals surface area contributed by atoms with Gasteiger partial charge in [0.15, 0.2) is 0 Å². The number of aromatic amines is 2. The number of H-pyrrole nitrogens is 2. The molecular formula is C8H13N5O2. The van der Waals surface area contributed by atoms with Gasteiger partial charge in [0.2, 0.25) is 5.82 Å². The third-order valence-corrected chi connectivity index (χ3v) is 2.39. The van der Waals surface area contributed by atoms with Gasteiger partial charge in [0, 0.05) is 12.6 Å². The molecule has 4 N–H and O–H groups in total. The van der Waals surface area contributed by atoms with Crippen molar-refractivity contribution in [1.29, 1.82) is 0 Å². The molecule has 2 heterocycles. The molecule has 0 aromatic carbocycles. The van der Waals surface area contributed by atoms with Crippen LogP contribution in [0.2, 0.25) is 0 Å². The molecule has 7 nitrogen and oxygen atoms in total. The van der Waals surface area contributed by atoms with Crippen LogP contribution in [-0.2, 0) is 0 Å². The Labute approximate surface area is 85.3 Å². The van der Waals surface area contributed by atoms with E-state index >= 15 is 0 Å². The van der Waals surface area contributed by atoms with Crippen LogP contribution in [0.25, 0.3) is 0 Å². The summed E-state index contributed by atoms with van der Waals surface area (Å²) >= 11 is 0. The molecule has 0 bridgehead atoms. The van der Waals surface area contributed by atoms with Crippen LogP contribution in [0.4, 0.5) is 5.82 Å². The summed E-state index contributed by atoms with van der Waals surface area (Å²) in [7, 11) is 0. The van der Waals surface area contributed by atoms with Crippen molar-refractivity contribution in [2.75, 3.05) is 18.4 Å². The quantitative estimate of drug-likeness (QED) is 0.493. The van der Waals surface area contributed by atoms with Crippen LogP contribution in [0.15, 0.2) is 9.59 Å². The minimum Gasteiger partial charge on any atom is -0.362 e. The average Bonchev–Trinajstić information content (AvgIpc) is 2.69. The van der Waals surface area contributed by atoms with Crippen molar-refractivity contribution >= 4 is 5.82 Å². The summed E-state index contributed by atoms with van der Waals surface area (Å²) in [5.41, 5.74) is -1.08. The van der Waals surface area contributed by atoms with Crippen LogP contribution in [0.3, 0.4) is 0 Å². The summed E-state index contributed by atoms with van der Waals surface area (Å²) in [4.78, 5) is 24.0. The highest BCUT2D eigenvalue weighted by Gasteiger charge is 2.14. The summed E-state index contributed by atoms with van der Waals surface area (Å²) in [5.74, 6) is 0.156. The van der Waals surface area contributed by atoms with Crippen molar-refractivity contribution < 1.29 is 0 Å². The Balaban J connectivity index is 1.98. The van der Waals surface area contributed by atoms with E-state index in [0.29, 0.717) is 12.6 Å². The number of nitrogens with one attached hydrogen (secondary N) is 4. The van der Waals surface area contributed by atoms with Crippen molar-refractivity contribution in [3.63, 3.8) is 0 Å². The van der Waals surface area contributed by atoms with Gasteiger partial charge >= 0.3 is 5.69 Å². The molecule has 1 aliphatic heterocycles. The maximum absolute atomic E-state index is 11.2. The minimum atomic E-state index is -0.593. The number of rotatable bonds is 3. The average molecular weight is 211 g/mol. The molecule has 0 aliphatic carbocycles. The van der Waals surface area contributed by atoms with E-state index in [9.17, 15) is 9.59 Å². The van der Waals surface area contributed by atoms with Crippen LogP contribution < -0.4 is 21.9 Å². The topological polar surface area (TPSA) is 103 Å². The fourth-order valence-electron chi connectivity index (χ4n) is 1.62. The highest BCUT2D eigenvalue weighted by molar-refractivity contribution is 5.28. The van der Waals surface area contributed by atoms with E-state index in [1.54, 1.807) is 0 Å². The van der Waals surface area contributed by atoms with Gasteiger partial charge in [0.25, 0.3) is 5.56 Å². The molecular weight excluding hydrogens is 198 g/mol. The lowest BCUT2D eigenvalue weighted by molar-refractivity contribution is 0.630. The Bertz CT molecular complexity index is 431. The second kappa shape index (κ2) is 4.26. The summed E-state index contributed by atoms with van der Waals surface area (Å²) < 4.78 is 0. The summed E-state index contributed by atoms with van der Waals surface area (Å²) in [5, 5.41) is 12.0. The number of nitrogens with zero attached hydrogens (tertiary/aromatic N) is 1. The standard InChI is InChI=1S/C8H13N5O2/c14-7-6(12-13-8(15)11-7)10-4-5-2-1-3-9-5/h5,9H,1-4H2,(H,10,12)(H2,11,13,14,15). The molecule has 82 valence electrons. The lowest BCUT2D eigenvalue weighted by Crippen LogP contribution is -2.33. The summed E-state index contributed by atoms with van der Waals surface area (Å²) in [6.45, 7) is 1.66. The zero-order chi connectivity index (χ0) is 10.7. The molecule has 7 heteroatoms. The van der Waals surface area contributed by atoms with E-state index in [-0.39, 0.29) is 5.82 Å². The van der Waals surface area contributed by atoms with E-state index in [1.165, 1.54) is 0 Å². The number of aromatic nitrogens is 3. The molecule has 0 amide bonds. The Morgan fingerprint density at radius 3 is 3.00 bits per heavy atom. The maximum Gasteiger partial charge on any atom is 0.342 e. The Morgan fingerprint density at radius 1 is 1.47 bits per heavy atom. The first-order chi connectivity index (χ1) is 7.25. The fraction of sp³-hybridized carbons (Fsp3) is 0.625. The van der Waals surface area contributed by atoms with Crippen LogP contribution in [0, 0.1) is 0 Å². The Hall–Kier alpha value is -1.63. The molecule has 1 aliphatic rings. The minimum absolute atomic E-state index is 0.156. The van der Waals surface area contributed by atoms with Gasteiger partial charge in [0.05, 0.1) is 0 Å². The van der Waals surface area contributed by atoms with Crippen LogP contribution >= 0.6 is 0 Å². The number of hydrogen-bond donors (Lipinski definition) is 4. The van der Waals surface area contributed by atoms with Gasteiger partial charge < -0.3 is 10.6 Å². The molecule has 1 saturated heterocycles. The molecule has 1 aromatic heterocycles. The van der Waals surface area contributed by atoms with E-state index < -0.39 is 11.2 Å². The van der Waals surface area contributed by atoms with Crippen molar-refractivity contribution in [3.05, 3.63) is 20.8 Å². The third kappa shape index (κ3) is 2.44. The smallest absolute Gasteiger partial charge is 0.342 e. The zero-order valence-corrected chi connectivity index (χ0v) is 8.17. The molecule has 1 atom stereocenters. The predicted octanol–water partition coefficient (Wildman–Crippen LogP) is -1.38. The monoisotopic (exact) mass is 211 g/mol. The molecule has 1 fully saturated rings. The summed E-state index contributed by atoms with van der Waals surface area (Å²) in [6.07, 6.45) is 2.25. The maximum atomic E-state index is 11.2. The van der Waals surface area contributed by atoms with Gasteiger partial charge in [-0.25, -0.2) is 9.89 Å². The molecule has 1 unspecified atom stereocenters. The van der Waals surface area contributed by atoms with E-state index in [0.717, 1.165) is 19.4 Å². The van der Waals surface area contributed by atoms with Crippen molar-refractivity contribution in [3.8, 4) is 0 Å². The van der Waals surface area contributed by atoms with Crippen molar-refractivity contribution in [1.82, 2.24) is 20.5 Å². The van der Waals surface area contributed by atoms with Crippen LogP contribution in [0.1, 0.15) is 12.8 Å². The highest BCUT2D eigenvalue weighted by Crippen LogP contribution is 2.04. The van der Waals surface area contributed by atoms with Crippen LogP contribution in [-0.4, -0.2) is 34.3 Å². The molecule has 0 spiro atoms. The number of hydrogen-bond acceptors (Lipinski definition) is 5. The first-order valence-electron chi connectivity index (χ1n) is 4.92. The first-order valence-corrected chi connectivity index (χ1v) is 4.92. The van der Waals surface area contributed by atoms with Gasteiger partial charge in [-0.15, -0.1) is 5.10 Å². The van der Waals surface area contributed by atoms with Crippen molar-refractivity contribution in [2.24, 2.45) is 0 Å². The molecule has 0 saturated carbocycles. The first kappa shape index (κ1) is 9.91. The van der Waals surface area contributed by atoms with E-state index in [1.807, 2.05) is 0 Å². The lowest BCUT2D eigenvalue weighted by atomic mass is 10.2. The van der Waals surface area contributed by atoms with Gasteiger partial charge in [-0.2, -0.15) is 0 Å². The van der Waals surface area contributed by atoms with Gasteiger partial charge in [-0.3, -0.25) is 9.78 Å². The van der Waals surface area contributed by atoms with E-state index in [2.05, 4.69) is 25.8 Å². The zero-order valence-electron chi connectivity index (χ0n) is 8.17. The largest absolute Gasteiger partial charge is 0.362 e.